The van der Waals surface area contributed by atoms with Gasteiger partial charge in [-0.3, -0.25) is 0 Å². The summed E-state index contributed by atoms with van der Waals surface area (Å²) in [6.07, 6.45) is 9.24. The van der Waals surface area contributed by atoms with E-state index in [0.29, 0.717) is 0 Å². The Kier molecular flexibility index (Phi) is 14.1. The van der Waals surface area contributed by atoms with Crippen LogP contribution in [0.2, 0.25) is 0 Å². The molecule has 0 spiro atoms. The molecule has 2 aliphatic carbocycles. The maximum Gasteiger partial charge on any atom is -0.00113 e. The van der Waals surface area contributed by atoms with Gasteiger partial charge in [0.05, 0.1) is 0 Å². The topological polar surface area (TPSA) is 0 Å². The SMILES string of the molecule is C/C(=C1\C(=C(\C2=CCCC=C2)c2ccccc2)c2cccc3c(-c4ccc(C)cc4)ccc1c23)c1ccccc1.CC.CC.Cc1ccccc1-c1ccccc1C. The standard InChI is InChI=1S/C40H32.C14H14.2C2H6/c1-27-21-23-30(24-22-27)33-25-26-36-37(28(2)29-13-6-3-7-14-29)40(35-20-12-19-34(33)39(35)36)38(31-15-8-4-9-16-31)32-17-10-5-11-18-32;1-11-7-3-5-9-13(11)14-10-6-4-8-12(14)2;2*1-2/h3-4,6-10,12-26H,5,11H2,1-2H3;3-10H,1-2H3;2*1-2H3/b37-28+,40-38+;;;. The lowest BCUT2D eigenvalue weighted by Crippen LogP contribution is -1.97. The second kappa shape index (κ2) is 19.8. The first kappa shape index (κ1) is 41.4. The fraction of sp³-hybridized carbons (Fsp3) is 0.172. The molecule has 0 saturated heterocycles. The first-order chi connectivity index (χ1) is 28.5. The van der Waals surface area contributed by atoms with Crippen molar-refractivity contribution in [3.8, 4) is 22.3 Å². The lowest BCUT2D eigenvalue weighted by Gasteiger charge is -2.20. The van der Waals surface area contributed by atoms with Crippen LogP contribution in [0.3, 0.4) is 0 Å². The summed E-state index contributed by atoms with van der Waals surface area (Å²) < 4.78 is 0. The van der Waals surface area contributed by atoms with Crippen LogP contribution in [0.1, 0.15) is 86.4 Å². The van der Waals surface area contributed by atoms with Crippen molar-refractivity contribution in [3.05, 3.63) is 227 Å². The molecule has 0 fully saturated rings. The van der Waals surface area contributed by atoms with Gasteiger partial charge in [-0.2, -0.15) is 0 Å². The summed E-state index contributed by atoms with van der Waals surface area (Å²) >= 11 is 0. The Morgan fingerprint density at radius 3 is 1.52 bits per heavy atom. The van der Waals surface area contributed by atoms with E-state index < -0.39 is 0 Å². The van der Waals surface area contributed by atoms with Crippen molar-refractivity contribution < 1.29 is 0 Å². The zero-order valence-corrected chi connectivity index (χ0v) is 35.7. The van der Waals surface area contributed by atoms with E-state index in [9.17, 15) is 0 Å². The van der Waals surface area contributed by atoms with Crippen LogP contribution in [0.15, 0.2) is 188 Å². The van der Waals surface area contributed by atoms with Gasteiger partial charge in [-0.1, -0.05) is 215 Å². The molecule has 0 radical (unpaired) electrons. The third kappa shape index (κ3) is 8.68. The molecule has 0 N–H and O–H groups in total. The number of hydrogen-bond acceptors (Lipinski definition) is 0. The molecule has 0 aromatic heterocycles. The minimum Gasteiger partial charge on any atom is -0.0836 e. The van der Waals surface area contributed by atoms with Crippen LogP contribution in [-0.2, 0) is 0 Å². The van der Waals surface area contributed by atoms with Crippen molar-refractivity contribution >= 4 is 33.1 Å². The van der Waals surface area contributed by atoms with E-state index in [-0.39, 0.29) is 0 Å². The quantitative estimate of drug-likeness (QED) is 0.164. The second-order valence-electron chi connectivity index (χ2n) is 14.5. The molecule has 0 heteroatoms. The van der Waals surface area contributed by atoms with E-state index in [1.54, 1.807) is 0 Å². The average molecular weight is 755 g/mol. The van der Waals surface area contributed by atoms with Crippen molar-refractivity contribution in [2.24, 2.45) is 0 Å². The first-order valence-electron chi connectivity index (χ1n) is 21.2. The summed E-state index contributed by atoms with van der Waals surface area (Å²) in [6.45, 7) is 16.8. The Hall–Kier alpha value is -6.24. The van der Waals surface area contributed by atoms with Gasteiger partial charge in [0.25, 0.3) is 0 Å². The highest BCUT2D eigenvalue weighted by Crippen LogP contribution is 2.54. The zero-order valence-electron chi connectivity index (χ0n) is 35.7. The van der Waals surface area contributed by atoms with Crippen LogP contribution >= 0.6 is 0 Å². The van der Waals surface area contributed by atoms with Crippen LogP contribution in [0.4, 0.5) is 0 Å². The molecule has 9 rings (SSSR count). The molecule has 290 valence electrons. The van der Waals surface area contributed by atoms with Crippen LogP contribution in [0.25, 0.3) is 55.3 Å². The van der Waals surface area contributed by atoms with Gasteiger partial charge in [0.1, 0.15) is 0 Å². The average Bonchev–Trinajstić information content (AvgIpc) is 3.62. The van der Waals surface area contributed by atoms with Gasteiger partial charge in [0.2, 0.25) is 0 Å². The Balaban J connectivity index is 0.000000264. The number of rotatable bonds is 5. The number of allylic oxidation sites excluding steroid dienone is 8. The molecule has 0 saturated carbocycles. The molecule has 0 amide bonds. The number of aryl methyl sites for hydroxylation is 3. The first-order valence-corrected chi connectivity index (χ1v) is 21.2. The monoisotopic (exact) mass is 754 g/mol. The van der Waals surface area contributed by atoms with Crippen LogP contribution < -0.4 is 0 Å². The van der Waals surface area contributed by atoms with Crippen molar-refractivity contribution in [2.75, 3.05) is 0 Å². The summed E-state index contributed by atoms with van der Waals surface area (Å²) in [4.78, 5) is 0. The Morgan fingerprint density at radius 1 is 0.431 bits per heavy atom. The fourth-order valence-corrected chi connectivity index (χ4v) is 8.17. The Bertz CT molecular complexity index is 2550. The molecule has 7 aromatic carbocycles. The van der Waals surface area contributed by atoms with Crippen molar-refractivity contribution in [2.45, 2.75) is 68.2 Å². The third-order valence-corrected chi connectivity index (χ3v) is 11.0. The van der Waals surface area contributed by atoms with E-state index in [2.05, 4.69) is 210 Å². The van der Waals surface area contributed by atoms with E-state index in [0.717, 1.165) is 12.8 Å². The molecule has 0 aliphatic heterocycles. The Morgan fingerprint density at radius 2 is 0.948 bits per heavy atom. The predicted octanol–water partition coefficient (Wildman–Crippen LogP) is 17.0. The lowest BCUT2D eigenvalue weighted by atomic mass is 9.83. The van der Waals surface area contributed by atoms with E-state index >= 15 is 0 Å². The van der Waals surface area contributed by atoms with Crippen LogP contribution in [-0.4, -0.2) is 0 Å². The molecule has 58 heavy (non-hydrogen) atoms. The number of benzene rings is 7. The van der Waals surface area contributed by atoms with E-state index in [1.807, 2.05) is 27.7 Å². The van der Waals surface area contributed by atoms with Gasteiger partial charge in [0.15, 0.2) is 0 Å². The van der Waals surface area contributed by atoms with Crippen molar-refractivity contribution in [3.63, 3.8) is 0 Å². The molecule has 2 aliphatic rings. The van der Waals surface area contributed by atoms with Gasteiger partial charge < -0.3 is 0 Å². The summed E-state index contributed by atoms with van der Waals surface area (Å²) in [5.41, 5.74) is 21.0. The molecule has 7 aromatic rings. The van der Waals surface area contributed by atoms with Gasteiger partial charge in [-0.15, -0.1) is 0 Å². The highest BCUT2D eigenvalue weighted by atomic mass is 14.3. The maximum absolute atomic E-state index is 2.42. The third-order valence-electron chi connectivity index (χ3n) is 11.0. The Labute approximate surface area is 348 Å². The minimum absolute atomic E-state index is 1.07. The largest absolute Gasteiger partial charge is 0.0836 e. The van der Waals surface area contributed by atoms with Gasteiger partial charge in [-0.25, -0.2) is 0 Å². The highest BCUT2D eigenvalue weighted by Gasteiger charge is 2.31. The highest BCUT2D eigenvalue weighted by molar-refractivity contribution is 6.34. The van der Waals surface area contributed by atoms with Gasteiger partial charge in [-0.05, 0) is 135 Å². The summed E-state index contributed by atoms with van der Waals surface area (Å²) in [5.74, 6) is 0. The normalized spacial score (nSPS) is 14.2. The smallest absolute Gasteiger partial charge is 0.00113 e. The molecule has 0 nitrogen and oxygen atoms in total. The molecule has 0 bridgehead atoms. The minimum atomic E-state index is 1.07. The molecule has 0 heterocycles. The molecular weight excluding hydrogens is 697 g/mol. The summed E-state index contributed by atoms with van der Waals surface area (Å²) in [5, 5.41) is 2.67. The van der Waals surface area contributed by atoms with Crippen molar-refractivity contribution in [1.82, 2.24) is 0 Å². The summed E-state index contributed by atoms with van der Waals surface area (Å²) in [6, 6.07) is 59.4. The fourth-order valence-electron chi connectivity index (χ4n) is 8.17. The number of hydrogen-bond donors (Lipinski definition) is 0. The molecule has 0 unspecified atom stereocenters. The molecular formula is C58H58. The van der Waals surface area contributed by atoms with E-state index in [1.165, 1.54) is 99.8 Å². The predicted molar refractivity (Wildman–Crippen MR) is 257 cm³/mol. The van der Waals surface area contributed by atoms with Gasteiger partial charge in [0, 0.05) is 0 Å². The lowest BCUT2D eigenvalue weighted by molar-refractivity contribution is 1.03. The van der Waals surface area contributed by atoms with Crippen LogP contribution in [0, 0.1) is 20.8 Å². The van der Waals surface area contributed by atoms with Gasteiger partial charge >= 0.3 is 0 Å². The molecule has 0 atom stereocenters. The zero-order chi connectivity index (χ0) is 41.0. The van der Waals surface area contributed by atoms with E-state index in [4.69, 9.17) is 0 Å². The second-order valence-corrected chi connectivity index (χ2v) is 14.5. The maximum atomic E-state index is 2.42. The van der Waals surface area contributed by atoms with Crippen molar-refractivity contribution in [1.29, 1.82) is 0 Å². The summed E-state index contributed by atoms with van der Waals surface area (Å²) in [7, 11) is 0. The van der Waals surface area contributed by atoms with Crippen LogP contribution in [0.5, 0.6) is 0 Å².